The number of anilines is 1. The van der Waals surface area contributed by atoms with Gasteiger partial charge in [0, 0.05) is 52.9 Å². The van der Waals surface area contributed by atoms with E-state index in [4.69, 9.17) is 27.9 Å². The second-order valence-electron chi connectivity index (χ2n) is 11.8. The van der Waals surface area contributed by atoms with Crippen LogP contribution in [0.4, 0.5) is 10.5 Å². The second kappa shape index (κ2) is 12.0. The highest BCUT2D eigenvalue weighted by Gasteiger charge is 2.52. The van der Waals surface area contributed by atoms with Gasteiger partial charge in [-0.05, 0) is 77.3 Å². The molecular formula is C30H38Cl2N4O4. The zero-order valence-corrected chi connectivity index (χ0v) is 25.2. The fourth-order valence-electron chi connectivity index (χ4n) is 5.55. The standard InChI is InChI=1S/C30H38Cl2N4O4/c1-19(2)36(18-26(37)33-23-11-13-35(14-12-23)28(39)40-29(3,4)5)30(17-20-7-6-8-21(31)15-20)24-10-9-22(32)16-25(24)34-27(30)38/h6-10,15-16,19,23H,11-14,17-18H2,1-5H3,(H,33,37)(H,34,38). The van der Waals surface area contributed by atoms with Crippen LogP contribution < -0.4 is 10.6 Å². The molecule has 1 saturated heterocycles. The molecule has 216 valence electrons. The van der Waals surface area contributed by atoms with E-state index in [-0.39, 0.29) is 36.5 Å². The van der Waals surface area contributed by atoms with Crippen molar-refractivity contribution in [3.63, 3.8) is 0 Å². The first-order valence-corrected chi connectivity index (χ1v) is 14.4. The molecule has 0 radical (unpaired) electrons. The summed E-state index contributed by atoms with van der Waals surface area (Å²) < 4.78 is 5.48. The molecule has 2 N–H and O–H groups in total. The van der Waals surface area contributed by atoms with Crippen molar-refractivity contribution in [1.82, 2.24) is 15.1 Å². The summed E-state index contributed by atoms with van der Waals surface area (Å²) >= 11 is 12.6. The lowest BCUT2D eigenvalue weighted by atomic mass is 9.82. The van der Waals surface area contributed by atoms with Crippen molar-refractivity contribution in [2.75, 3.05) is 25.0 Å². The maximum Gasteiger partial charge on any atom is 0.410 e. The smallest absolute Gasteiger partial charge is 0.410 e. The molecule has 2 aliphatic rings. The first-order valence-electron chi connectivity index (χ1n) is 13.7. The molecule has 0 aromatic heterocycles. The maximum atomic E-state index is 13.9. The third-order valence-electron chi connectivity index (χ3n) is 7.34. The predicted molar refractivity (Wildman–Crippen MR) is 158 cm³/mol. The molecule has 4 rings (SSSR count). The van der Waals surface area contributed by atoms with Crippen LogP contribution in [0, 0.1) is 0 Å². The Kier molecular flexibility index (Phi) is 9.02. The molecule has 1 atom stereocenters. The summed E-state index contributed by atoms with van der Waals surface area (Å²) in [5.74, 6) is -0.387. The lowest BCUT2D eigenvalue weighted by molar-refractivity contribution is -0.134. The van der Waals surface area contributed by atoms with E-state index in [0.717, 1.165) is 11.1 Å². The van der Waals surface area contributed by atoms with Crippen LogP contribution in [0.1, 0.15) is 58.6 Å². The van der Waals surface area contributed by atoms with Gasteiger partial charge in [0.1, 0.15) is 11.1 Å². The van der Waals surface area contributed by atoms with E-state index in [0.29, 0.717) is 48.1 Å². The van der Waals surface area contributed by atoms with Crippen LogP contribution in [0.15, 0.2) is 42.5 Å². The van der Waals surface area contributed by atoms with E-state index in [9.17, 15) is 14.4 Å². The number of ether oxygens (including phenoxy) is 1. The number of fused-ring (bicyclic) bond motifs is 1. The van der Waals surface area contributed by atoms with Gasteiger partial charge >= 0.3 is 6.09 Å². The number of hydrogen-bond donors (Lipinski definition) is 2. The molecule has 2 aromatic carbocycles. The number of nitrogens with one attached hydrogen (secondary N) is 2. The molecule has 0 bridgehead atoms. The van der Waals surface area contributed by atoms with Crippen molar-refractivity contribution in [2.24, 2.45) is 0 Å². The molecular weight excluding hydrogens is 551 g/mol. The molecule has 8 nitrogen and oxygen atoms in total. The Morgan fingerprint density at radius 2 is 1.80 bits per heavy atom. The average molecular weight is 590 g/mol. The molecule has 2 heterocycles. The number of halogens is 2. The highest BCUT2D eigenvalue weighted by Crippen LogP contribution is 2.45. The fourth-order valence-corrected chi connectivity index (χ4v) is 5.94. The summed E-state index contributed by atoms with van der Waals surface area (Å²) in [5.41, 5.74) is 0.594. The number of hydrogen-bond acceptors (Lipinski definition) is 5. The van der Waals surface area contributed by atoms with Crippen LogP contribution in [-0.4, -0.2) is 65.0 Å². The van der Waals surface area contributed by atoms with Crippen LogP contribution in [0.25, 0.3) is 0 Å². The number of carbonyl (C=O) groups is 3. The Bertz CT molecular complexity index is 1270. The van der Waals surface area contributed by atoms with Gasteiger partial charge in [-0.3, -0.25) is 14.5 Å². The molecule has 0 saturated carbocycles. The third-order valence-corrected chi connectivity index (χ3v) is 7.81. The van der Waals surface area contributed by atoms with Crippen molar-refractivity contribution in [3.05, 3.63) is 63.6 Å². The van der Waals surface area contributed by atoms with E-state index in [1.165, 1.54) is 0 Å². The monoisotopic (exact) mass is 588 g/mol. The van der Waals surface area contributed by atoms with Gasteiger partial charge in [0.15, 0.2) is 0 Å². The molecule has 2 aliphatic heterocycles. The van der Waals surface area contributed by atoms with E-state index in [1.54, 1.807) is 23.1 Å². The molecule has 0 spiro atoms. The highest BCUT2D eigenvalue weighted by molar-refractivity contribution is 6.31. The summed E-state index contributed by atoms with van der Waals surface area (Å²) in [6.45, 7) is 10.5. The summed E-state index contributed by atoms with van der Waals surface area (Å²) in [6, 6.07) is 12.6. The zero-order chi connectivity index (χ0) is 29.2. The van der Waals surface area contributed by atoms with Crippen molar-refractivity contribution >= 4 is 46.8 Å². The van der Waals surface area contributed by atoms with Crippen molar-refractivity contribution in [2.45, 2.75) is 77.1 Å². The van der Waals surface area contributed by atoms with Gasteiger partial charge in [-0.1, -0.05) is 41.4 Å². The predicted octanol–water partition coefficient (Wildman–Crippen LogP) is 5.61. The number of benzene rings is 2. The Balaban J connectivity index is 1.54. The van der Waals surface area contributed by atoms with Crippen LogP contribution in [0.2, 0.25) is 10.0 Å². The van der Waals surface area contributed by atoms with E-state index < -0.39 is 11.1 Å². The Morgan fingerprint density at radius 1 is 1.12 bits per heavy atom. The quantitative estimate of drug-likeness (QED) is 0.438. The van der Waals surface area contributed by atoms with Gasteiger partial charge in [-0.25, -0.2) is 4.79 Å². The Labute approximate surface area is 246 Å². The number of piperidine rings is 1. The Hall–Kier alpha value is -2.81. The number of amides is 3. The Morgan fingerprint density at radius 3 is 2.42 bits per heavy atom. The van der Waals surface area contributed by atoms with Crippen molar-refractivity contribution < 1.29 is 19.1 Å². The minimum Gasteiger partial charge on any atom is -0.444 e. The molecule has 3 amide bonds. The lowest BCUT2D eigenvalue weighted by Crippen LogP contribution is -2.59. The van der Waals surface area contributed by atoms with Crippen LogP contribution in [0.5, 0.6) is 0 Å². The number of carbonyl (C=O) groups excluding carboxylic acids is 3. The number of likely N-dealkylation sites (tertiary alicyclic amines) is 1. The molecule has 10 heteroatoms. The first-order chi connectivity index (χ1) is 18.8. The minimum atomic E-state index is -1.14. The maximum absolute atomic E-state index is 13.9. The normalized spacial score (nSPS) is 19.5. The fraction of sp³-hybridized carbons (Fsp3) is 0.500. The first kappa shape index (κ1) is 30.2. The van der Waals surface area contributed by atoms with Gasteiger partial charge in [-0.15, -0.1) is 0 Å². The van der Waals surface area contributed by atoms with Crippen LogP contribution in [-0.2, 0) is 26.3 Å². The highest BCUT2D eigenvalue weighted by atomic mass is 35.5. The lowest BCUT2D eigenvalue weighted by Gasteiger charge is -2.42. The summed E-state index contributed by atoms with van der Waals surface area (Å²) in [6.07, 6.45) is 1.25. The SMILES string of the molecule is CC(C)N(CC(=O)NC1CCN(C(=O)OC(C)(C)C)CC1)C1(Cc2cccc(Cl)c2)C(=O)Nc2cc(Cl)ccc21. The van der Waals surface area contributed by atoms with Crippen molar-refractivity contribution in [1.29, 1.82) is 0 Å². The van der Waals surface area contributed by atoms with Gasteiger partial charge in [-0.2, -0.15) is 0 Å². The third kappa shape index (κ3) is 6.73. The topological polar surface area (TPSA) is 91.0 Å². The van der Waals surface area contributed by atoms with Crippen LogP contribution >= 0.6 is 23.2 Å². The number of rotatable bonds is 7. The van der Waals surface area contributed by atoms with Gasteiger partial charge < -0.3 is 20.3 Å². The van der Waals surface area contributed by atoms with Gasteiger partial charge in [0.05, 0.1) is 6.54 Å². The molecule has 1 fully saturated rings. The van der Waals surface area contributed by atoms with E-state index >= 15 is 0 Å². The van der Waals surface area contributed by atoms with Crippen molar-refractivity contribution in [3.8, 4) is 0 Å². The summed E-state index contributed by atoms with van der Waals surface area (Å²) in [5, 5.41) is 7.24. The number of nitrogens with zero attached hydrogens (tertiary/aromatic N) is 2. The zero-order valence-electron chi connectivity index (χ0n) is 23.7. The van der Waals surface area contributed by atoms with Gasteiger partial charge in [0.2, 0.25) is 11.8 Å². The molecule has 2 aromatic rings. The molecule has 1 unspecified atom stereocenters. The van der Waals surface area contributed by atoms with E-state index in [1.807, 2.05) is 63.8 Å². The van der Waals surface area contributed by atoms with Gasteiger partial charge in [0.25, 0.3) is 0 Å². The minimum absolute atomic E-state index is 0.0139. The van der Waals surface area contributed by atoms with E-state index in [2.05, 4.69) is 10.6 Å². The second-order valence-corrected chi connectivity index (χ2v) is 12.7. The molecule has 40 heavy (non-hydrogen) atoms. The molecule has 0 aliphatic carbocycles. The summed E-state index contributed by atoms with van der Waals surface area (Å²) in [4.78, 5) is 43.4. The van der Waals surface area contributed by atoms with Crippen LogP contribution in [0.3, 0.4) is 0 Å². The average Bonchev–Trinajstić information content (AvgIpc) is 3.12. The largest absolute Gasteiger partial charge is 0.444 e. The summed E-state index contributed by atoms with van der Waals surface area (Å²) in [7, 11) is 0.